The topological polar surface area (TPSA) is 45.5 Å². The molecule has 1 aromatic rings. The Morgan fingerprint density at radius 3 is 2.89 bits per heavy atom. The number of amides is 1. The van der Waals surface area contributed by atoms with Crippen LogP contribution in [0.2, 0.25) is 0 Å². The monoisotopic (exact) mass is 264 g/mol. The summed E-state index contributed by atoms with van der Waals surface area (Å²) >= 11 is 0. The van der Waals surface area contributed by atoms with Crippen molar-refractivity contribution in [2.45, 2.75) is 46.2 Å². The third kappa shape index (κ3) is 3.60. The lowest BCUT2D eigenvalue weighted by Gasteiger charge is -2.38. The first kappa shape index (κ1) is 14.1. The molecule has 1 fully saturated rings. The number of nitrogens with one attached hydrogen (secondary N) is 1. The minimum atomic E-state index is 0.193. The summed E-state index contributed by atoms with van der Waals surface area (Å²) in [5, 5.41) is 3.58. The summed E-state index contributed by atoms with van der Waals surface area (Å²) in [5.74, 6) is 2.67. The molecule has 0 unspecified atom stereocenters. The summed E-state index contributed by atoms with van der Waals surface area (Å²) in [6.45, 7) is 8.33. The SMILES string of the molecule is CC[C@@H]1CN(C(C)=O)CC[C@H]1NCc1ccc(C)o1. The van der Waals surface area contributed by atoms with Gasteiger partial charge in [-0.05, 0) is 31.4 Å². The van der Waals surface area contributed by atoms with E-state index in [1.807, 2.05) is 24.0 Å². The molecule has 2 rings (SSSR count). The number of furan rings is 1. The van der Waals surface area contributed by atoms with Gasteiger partial charge >= 0.3 is 0 Å². The van der Waals surface area contributed by atoms with E-state index in [2.05, 4.69) is 12.2 Å². The summed E-state index contributed by atoms with van der Waals surface area (Å²) in [6.07, 6.45) is 2.12. The molecular weight excluding hydrogens is 240 g/mol. The number of rotatable bonds is 4. The lowest BCUT2D eigenvalue weighted by Crippen LogP contribution is -2.50. The average Bonchev–Trinajstić information content (AvgIpc) is 2.81. The number of hydrogen-bond donors (Lipinski definition) is 1. The molecule has 1 aliphatic heterocycles. The van der Waals surface area contributed by atoms with Gasteiger partial charge in [-0.2, -0.15) is 0 Å². The Morgan fingerprint density at radius 1 is 1.53 bits per heavy atom. The molecule has 2 atom stereocenters. The lowest BCUT2D eigenvalue weighted by atomic mass is 9.90. The first-order valence-electron chi connectivity index (χ1n) is 7.14. The summed E-state index contributed by atoms with van der Waals surface area (Å²) in [5.41, 5.74) is 0. The minimum absolute atomic E-state index is 0.193. The lowest BCUT2D eigenvalue weighted by molar-refractivity contribution is -0.131. The molecule has 1 amide bonds. The second kappa shape index (κ2) is 6.24. The van der Waals surface area contributed by atoms with Crippen LogP contribution in [-0.2, 0) is 11.3 Å². The number of likely N-dealkylation sites (tertiary alicyclic amines) is 1. The quantitative estimate of drug-likeness (QED) is 0.907. The van der Waals surface area contributed by atoms with Crippen LogP contribution in [0.5, 0.6) is 0 Å². The molecule has 2 heterocycles. The maximum atomic E-state index is 11.4. The zero-order valence-electron chi connectivity index (χ0n) is 12.1. The van der Waals surface area contributed by atoms with Gasteiger partial charge in [-0.3, -0.25) is 4.79 Å². The van der Waals surface area contributed by atoms with E-state index in [1.54, 1.807) is 6.92 Å². The number of aryl methyl sites for hydroxylation is 1. The molecule has 1 saturated heterocycles. The van der Waals surface area contributed by atoms with Crippen molar-refractivity contribution in [1.29, 1.82) is 0 Å². The van der Waals surface area contributed by atoms with Crippen LogP contribution in [0.3, 0.4) is 0 Å². The molecule has 4 nitrogen and oxygen atoms in total. The summed E-state index contributed by atoms with van der Waals surface area (Å²) in [6, 6.07) is 4.49. The Morgan fingerprint density at radius 2 is 2.32 bits per heavy atom. The average molecular weight is 264 g/mol. The van der Waals surface area contributed by atoms with Gasteiger partial charge in [-0.25, -0.2) is 0 Å². The third-order valence-corrected chi connectivity index (χ3v) is 4.04. The van der Waals surface area contributed by atoms with Crippen molar-refractivity contribution in [3.8, 4) is 0 Å². The standard InChI is InChI=1S/C15H24N2O2/c1-4-13-10-17(12(3)18)8-7-15(13)16-9-14-6-5-11(2)19-14/h5-6,13,15-16H,4,7-10H2,1-3H3/t13-,15-/m1/s1. The molecule has 0 bridgehead atoms. The highest BCUT2D eigenvalue weighted by atomic mass is 16.3. The minimum Gasteiger partial charge on any atom is -0.465 e. The van der Waals surface area contributed by atoms with Gasteiger partial charge in [-0.1, -0.05) is 13.3 Å². The molecule has 0 spiro atoms. The van der Waals surface area contributed by atoms with Crippen LogP contribution in [0.15, 0.2) is 16.5 Å². The van der Waals surface area contributed by atoms with Crippen LogP contribution in [0.1, 0.15) is 38.2 Å². The van der Waals surface area contributed by atoms with E-state index in [1.165, 1.54) is 0 Å². The van der Waals surface area contributed by atoms with Crippen LogP contribution in [0.4, 0.5) is 0 Å². The van der Waals surface area contributed by atoms with Crippen LogP contribution >= 0.6 is 0 Å². The van der Waals surface area contributed by atoms with Crippen molar-refractivity contribution in [2.75, 3.05) is 13.1 Å². The van der Waals surface area contributed by atoms with Crippen LogP contribution in [0.25, 0.3) is 0 Å². The van der Waals surface area contributed by atoms with Crippen molar-refractivity contribution in [3.63, 3.8) is 0 Å². The zero-order valence-corrected chi connectivity index (χ0v) is 12.1. The first-order valence-corrected chi connectivity index (χ1v) is 7.14. The molecule has 1 aromatic heterocycles. The fourth-order valence-electron chi connectivity index (χ4n) is 2.81. The largest absolute Gasteiger partial charge is 0.465 e. The zero-order chi connectivity index (χ0) is 13.8. The van der Waals surface area contributed by atoms with E-state index in [0.717, 1.165) is 44.0 Å². The first-order chi connectivity index (χ1) is 9.10. The van der Waals surface area contributed by atoms with Gasteiger partial charge in [0.25, 0.3) is 0 Å². The van der Waals surface area contributed by atoms with Crippen molar-refractivity contribution in [2.24, 2.45) is 5.92 Å². The Bertz CT molecular complexity index is 428. The molecule has 1 N–H and O–H groups in total. The molecule has 1 aliphatic rings. The number of hydrogen-bond acceptors (Lipinski definition) is 3. The Hall–Kier alpha value is -1.29. The number of carbonyl (C=O) groups is 1. The van der Waals surface area contributed by atoms with Gasteiger partial charge in [0, 0.05) is 26.1 Å². The van der Waals surface area contributed by atoms with E-state index in [-0.39, 0.29) is 5.91 Å². The van der Waals surface area contributed by atoms with Crippen molar-refractivity contribution >= 4 is 5.91 Å². The van der Waals surface area contributed by atoms with Gasteiger partial charge in [0.2, 0.25) is 5.91 Å². The number of piperidine rings is 1. The van der Waals surface area contributed by atoms with Gasteiger partial charge in [0.15, 0.2) is 0 Å². The molecular formula is C15H24N2O2. The van der Waals surface area contributed by atoms with Gasteiger partial charge in [0.05, 0.1) is 6.54 Å². The van der Waals surface area contributed by atoms with Crippen LogP contribution in [0, 0.1) is 12.8 Å². The van der Waals surface area contributed by atoms with Gasteiger partial charge < -0.3 is 14.6 Å². The maximum Gasteiger partial charge on any atom is 0.219 e. The fourth-order valence-corrected chi connectivity index (χ4v) is 2.81. The number of nitrogens with zero attached hydrogens (tertiary/aromatic N) is 1. The van der Waals surface area contributed by atoms with E-state index in [0.29, 0.717) is 12.0 Å². The van der Waals surface area contributed by atoms with E-state index in [9.17, 15) is 4.79 Å². The van der Waals surface area contributed by atoms with Crippen molar-refractivity contribution in [1.82, 2.24) is 10.2 Å². The highest BCUT2D eigenvalue weighted by molar-refractivity contribution is 5.73. The smallest absolute Gasteiger partial charge is 0.219 e. The molecule has 4 heteroatoms. The summed E-state index contributed by atoms with van der Waals surface area (Å²) < 4.78 is 5.58. The molecule has 0 saturated carbocycles. The highest BCUT2D eigenvalue weighted by Crippen LogP contribution is 2.21. The summed E-state index contributed by atoms with van der Waals surface area (Å²) in [7, 11) is 0. The van der Waals surface area contributed by atoms with Gasteiger partial charge in [0.1, 0.15) is 11.5 Å². The molecule has 0 radical (unpaired) electrons. The molecule has 106 valence electrons. The predicted octanol–water partition coefficient (Wildman–Crippen LogP) is 2.32. The van der Waals surface area contributed by atoms with E-state index >= 15 is 0 Å². The normalized spacial score (nSPS) is 23.6. The summed E-state index contributed by atoms with van der Waals surface area (Å²) in [4.78, 5) is 13.4. The predicted molar refractivity (Wildman–Crippen MR) is 74.7 cm³/mol. The van der Waals surface area contributed by atoms with Crippen molar-refractivity contribution < 1.29 is 9.21 Å². The maximum absolute atomic E-state index is 11.4. The molecule has 0 aromatic carbocycles. The Labute approximate surface area is 115 Å². The van der Waals surface area contributed by atoms with E-state index < -0.39 is 0 Å². The second-order valence-electron chi connectivity index (χ2n) is 5.42. The molecule has 0 aliphatic carbocycles. The Balaban J connectivity index is 1.87. The number of carbonyl (C=O) groups excluding carboxylic acids is 1. The van der Waals surface area contributed by atoms with Gasteiger partial charge in [-0.15, -0.1) is 0 Å². The Kier molecular flexibility index (Phi) is 4.64. The van der Waals surface area contributed by atoms with Crippen LogP contribution < -0.4 is 5.32 Å². The van der Waals surface area contributed by atoms with Crippen molar-refractivity contribution in [3.05, 3.63) is 23.7 Å². The third-order valence-electron chi connectivity index (χ3n) is 4.04. The molecule has 19 heavy (non-hydrogen) atoms. The highest BCUT2D eigenvalue weighted by Gasteiger charge is 2.28. The van der Waals surface area contributed by atoms with E-state index in [4.69, 9.17) is 4.42 Å². The second-order valence-corrected chi connectivity index (χ2v) is 5.42. The van der Waals surface area contributed by atoms with Crippen LogP contribution in [-0.4, -0.2) is 29.9 Å². The fraction of sp³-hybridized carbons (Fsp3) is 0.667.